The van der Waals surface area contributed by atoms with Crippen LogP contribution in [-0.4, -0.2) is 27.6 Å². The lowest BCUT2D eigenvalue weighted by molar-refractivity contribution is -0.119. The minimum absolute atomic E-state index is 0.0643. The van der Waals surface area contributed by atoms with Gasteiger partial charge in [-0.3, -0.25) is 9.59 Å². The molecule has 1 saturated heterocycles. The Balaban J connectivity index is 2.10. The van der Waals surface area contributed by atoms with Gasteiger partial charge in [-0.15, -0.1) is 0 Å². The predicted octanol–water partition coefficient (Wildman–Crippen LogP) is -0.198. The SMILES string of the molecule is O=C1CCC(C(=O)n2cccn2)N1. The van der Waals surface area contributed by atoms with Crippen molar-refractivity contribution in [1.82, 2.24) is 15.1 Å². The van der Waals surface area contributed by atoms with E-state index in [-0.39, 0.29) is 11.8 Å². The van der Waals surface area contributed by atoms with Crippen molar-refractivity contribution in [3.8, 4) is 0 Å². The molecule has 5 nitrogen and oxygen atoms in total. The third-order valence-electron chi connectivity index (χ3n) is 2.02. The average molecular weight is 179 g/mol. The van der Waals surface area contributed by atoms with Crippen LogP contribution < -0.4 is 5.32 Å². The van der Waals surface area contributed by atoms with Gasteiger partial charge < -0.3 is 5.32 Å². The summed E-state index contributed by atoms with van der Waals surface area (Å²) in [7, 11) is 0. The van der Waals surface area contributed by atoms with Gasteiger partial charge in [-0.1, -0.05) is 0 Å². The second-order valence-electron chi connectivity index (χ2n) is 2.95. The van der Waals surface area contributed by atoms with Gasteiger partial charge >= 0.3 is 0 Å². The Morgan fingerprint density at radius 1 is 1.69 bits per heavy atom. The molecule has 1 aromatic heterocycles. The fourth-order valence-corrected chi connectivity index (χ4v) is 1.36. The van der Waals surface area contributed by atoms with E-state index >= 15 is 0 Å². The van der Waals surface area contributed by atoms with Gasteiger partial charge in [0.2, 0.25) is 5.91 Å². The second kappa shape index (κ2) is 3.01. The topological polar surface area (TPSA) is 64.0 Å². The van der Waals surface area contributed by atoms with Gasteiger partial charge in [0.15, 0.2) is 0 Å². The highest BCUT2D eigenvalue weighted by molar-refractivity contribution is 5.91. The quantitative estimate of drug-likeness (QED) is 0.649. The largest absolute Gasteiger partial charge is 0.344 e. The second-order valence-corrected chi connectivity index (χ2v) is 2.95. The molecule has 13 heavy (non-hydrogen) atoms. The van der Waals surface area contributed by atoms with Gasteiger partial charge in [0, 0.05) is 18.8 Å². The molecule has 0 radical (unpaired) electrons. The molecule has 0 aromatic carbocycles. The van der Waals surface area contributed by atoms with Crippen molar-refractivity contribution in [3.05, 3.63) is 18.5 Å². The molecule has 1 aliphatic heterocycles. The van der Waals surface area contributed by atoms with E-state index in [2.05, 4.69) is 10.4 Å². The van der Waals surface area contributed by atoms with Crippen LogP contribution in [0.4, 0.5) is 0 Å². The number of hydrogen-bond donors (Lipinski definition) is 1. The summed E-state index contributed by atoms with van der Waals surface area (Å²) in [5.41, 5.74) is 0. The number of nitrogens with one attached hydrogen (secondary N) is 1. The smallest absolute Gasteiger partial charge is 0.269 e. The van der Waals surface area contributed by atoms with Crippen molar-refractivity contribution in [3.63, 3.8) is 0 Å². The average Bonchev–Trinajstić information content (AvgIpc) is 2.72. The third-order valence-corrected chi connectivity index (χ3v) is 2.02. The predicted molar refractivity (Wildman–Crippen MR) is 44.0 cm³/mol. The van der Waals surface area contributed by atoms with Crippen LogP contribution in [0.1, 0.15) is 17.6 Å². The van der Waals surface area contributed by atoms with Crippen molar-refractivity contribution in [2.24, 2.45) is 0 Å². The first-order valence-electron chi connectivity index (χ1n) is 4.10. The van der Waals surface area contributed by atoms with Gasteiger partial charge in [-0.05, 0) is 12.5 Å². The van der Waals surface area contributed by atoms with E-state index in [9.17, 15) is 9.59 Å². The van der Waals surface area contributed by atoms with Crippen LogP contribution in [-0.2, 0) is 4.79 Å². The van der Waals surface area contributed by atoms with Gasteiger partial charge in [0.05, 0.1) is 0 Å². The highest BCUT2D eigenvalue weighted by Crippen LogP contribution is 2.08. The molecule has 0 saturated carbocycles. The third kappa shape index (κ3) is 1.44. The Bertz CT molecular complexity index is 331. The van der Waals surface area contributed by atoms with E-state index in [1.54, 1.807) is 12.3 Å². The van der Waals surface area contributed by atoms with Gasteiger partial charge in [0.1, 0.15) is 6.04 Å². The number of carbonyl (C=O) groups excluding carboxylic acids is 2. The minimum atomic E-state index is -0.396. The van der Waals surface area contributed by atoms with E-state index in [0.29, 0.717) is 12.8 Å². The number of aromatic nitrogens is 2. The molecule has 0 spiro atoms. The summed E-state index contributed by atoms with van der Waals surface area (Å²) in [5.74, 6) is -0.235. The van der Waals surface area contributed by atoms with E-state index in [4.69, 9.17) is 0 Å². The summed E-state index contributed by atoms with van der Waals surface area (Å²) >= 11 is 0. The van der Waals surface area contributed by atoms with Crippen LogP contribution in [0.2, 0.25) is 0 Å². The number of amides is 1. The summed E-state index contributed by atoms with van der Waals surface area (Å²) in [6.07, 6.45) is 4.11. The standard InChI is InChI=1S/C8H9N3O2/c12-7-3-2-6(10-7)8(13)11-5-1-4-9-11/h1,4-6H,2-3H2,(H,10,12). The normalized spacial score (nSPS) is 21.5. The van der Waals surface area contributed by atoms with Crippen LogP contribution in [0.5, 0.6) is 0 Å². The van der Waals surface area contributed by atoms with Gasteiger partial charge in [-0.25, -0.2) is 4.68 Å². The summed E-state index contributed by atoms with van der Waals surface area (Å²) < 4.78 is 1.25. The van der Waals surface area contributed by atoms with Crippen molar-refractivity contribution in [2.45, 2.75) is 18.9 Å². The maximum Gasteiger partial charge on any atom is 0.269 e. The maximum atomic E-state index is 11.5. The molecule has 1 atom stereocenters. The Morgan fingerprint density at radius 2 is 2.54 bits per heavy atom. The fraction of sp³-hybridized carbons (Fsp3) is 0.375. The molecular weight excluding hydrogens is 170 g/mol. The lowest BCUT2D eigenvalue weighted by Gasteiger charge is -2.07. The molecular formula is C8H9N3O2. The molecule has 1 fully saturated rings. The number of rotatable bonds is 1. The van der Waals surface area contributed by atoms with E-state index in [0.717, 1.165) is 0 Å². The zero-order chi connectivity index (χ0) is 9.26. The van der Waals surface area contributed by atoms with Crippen molar-refractivity contribution >= 4 is 11.8 Å². The molecule has 2 heterocycles. The Morgan fingerprint density at radius 3 is 3.08 bits per heavy atom. The molecule has 1 unspecified atom stereocenters. The molecule has 1 aromatic rings. The first-order chi connectivity index (χ1) is 6.27. The van der Waals surface area contributed by atoms with Crippen LogP contribution in [0.15, 0.2) is 18.5 Å². The molecule has 1 aliphatic rings. The Kier molecular flexibility index (Phi) is 1.84. The maximum absolute atomic E-state index is 11.5. The highest BCUT2D eigenvalue weighted by Gasteiger charge is 2.28. The van der Waals surface area contributed by atoms with Gasteiger partial charge in [0.25, 0.3) is 5.91 Å². The summed E-state index contributed by atoms with van der Waals surface area (Å²) in [6.45, 7) is 0. The van der Waals surface area contributed by atoms with Crippen molar-refractivity contribution < 1.29 is 9.59 Å². The van der Waals surface area contributed by atoms with Crippen LogP contribution in [0.25, 0.3) is 0 Å². The summed E-state index contributed by atoms with van der Waals surface area (Å²) in [4.78, 5) is 22.4. The van der Waals surface area contributed by atoms with E-state index < -0.39 is 6.04 Å². The van der Waals surface area contributed by atoms with Crippen LogP contribution >= 0.6 is 0 Å². The number of carbonyl (C=O) groups is 2. The minimum Gasteiger partial charge on any atom is -0.344 e. The number of nitrogens with zero attached hydrogens (tertiary/aromatic N) is 2. The van der Waals surface area contributed by atoms with E-state index in [1.807, 2.05) is 0 Å². The Labute approximate surface area is 74.7 Å². The monoisotopic (exact) mass is 179 g/mol. The lowest BCUT2D eigenvalue weighted by Crippen LogP contribution is -2.36. The van der Waals surface area contributed by atoms with Crippen molar-refractivity contribution in [2.75, 3.05) is 0 Å². The first-order valence-corrected chi connectivity index (χ1v) is 4.10. The summed E-state index contributed by atoms with van der Waals surface area (Å²) in [6, 6.07) is 1.28. The van der Waals surface area contributed by atoms with Crippen LogP contribution in [0, 0.1) is 0 Å². The molecule has 0 bridgehead atoms. The molecule has 0 aliphatic carbocycles. The number of hydrogen-bond acceptors (Lipinski definition) is 3. The summed E-state index contributed by atoms with van der Waals surface area (Å²) in [5, 5.41) is 6.39. The molecule has 5 heteroatoms. The zero-order valence-corrected chi connectivity index (χ0v) is 6.93. The zero-order valence-electron chi connectivity index (χ0n) is 6.93. The molecule has 1 N–H and O–H groups in total. The van der Waals surface area contributed by atoms with Crippen molar-refractivity contribution in [1.29, 1.82) is 0 Å². The molecule has 1 amide bonds. The molecule has 68 valence electrons. The van der Waals surface area contributed by atoms with E-state index in [1.165, 1.54) is 10.9 Å². The fourth-order valence-electron chi connectivity index (χ4n) is 1.36. The molecule has 2 rings (SSSR count). The van der Waals surface area contributed by atoms with Gasteiger partial charge in [-0.2, -0.15) is 5.10 Å². The lowest BCUT2D eigenvalue weighted by atomic mass is 10.2. The first kappa shape index (κ1) is 7.97. The highest BCUT2D eigenvalue weighted by atomic mass is 16.2. The Hall–Kier alpha value is -1.65. The van der Waals surface area contributed by atoms with Crippen LogP contribution in [0.3, 0.4) is 0 Å².